The molecule has 2 aliphatic heterocycles. The Hall–Kier alpha value is -2.89. The Bertz CT molecular complexity index is 874. The molecule has 0 N–H and O–H groups in total. The van der Waals surface area contributed by atoms with Crippen LogP contribution in [0.25, 0.3) is 0 Å². The molecule has 1 saturated heterocycles. The van der Waals surface area contributed by atoms with Gasteiger partial charge in [0.05, 0.1) is 17.4 Å². The summed E-state index contributed by atoms with van der Waals surface area (Å²) >= 11 is 0. The summed E-state index contributed by atoms with van der Waals surface area (Å²) in [5.41, 5.74) is 4.05. The Morgan fingerprint density at radius 1 is 1.04 bits per heavy atom. The number of benzene rings is 1. The highest BCUT2D eigenvalue weighted by molar-refractivity contribution is 5.95. The van der Waals surface area contributed by atoms with Crippen LogP contribution in [0.3, 0.4) is 0 Å². The zero-order chi connectivity index (χ0) is 19.0. The third kappa shape index (κ3) is 3.27. The maximum atomic E-state index is 12.9. The molecule has 27 heavy (non-hydrogen) atoms. The molecule has 1 aromatic carbocycles. The van der Waals surface area contributed by atoms with E-state index in [1.54, 1.807) is 18.0 Å². The molecule has 6 heteroatoms. The van der Waals surface area contributed by atoms with E-state index in [-0.39, 0.29) is 11.8 Å². The van der Waals surface area contributed by atoms with Gasteiger partial charge >= 0.3 is 0 Å². The lowest BCUT2D eigenvalue weighted by molar-refractivity contribution is -0.130. The quantitative estimate of drug-likeness (QED) is 0.821. The molecule has 1 fully saturated rings. The molecule has 2 aromatic rings. The molecule has 1 unspecified atom stereocenters. The van der Waals surface area contributed by atoms with Gasteiger partial charge in [0.2, 0.25) is 5.91 Å². The van der Waals surface area contributed by atoms with Crippen LogP contribution in [0.2, 0.25) is 0 Å². The first-order valence-electron chi connectivity index (χ1n) is 9.41. The Labute approximate surface area is 159 Å². The molecule has 4 rings (SSSR count). The Balaban J connectivity index is 1.55. The first-order chi connectivity index (χ1) is 13.0. The minimum absolute atomic E-state index is 0.0207. The van der Waals surface area contributed by atoms with Crippen molar-refractivity contribution in [3.8, 4) is 0 Å². The van der Waals surface area contributed by atoms with Crippen LogP contribution in [-0.2, 0) is 11.2 Å². The molecule has 0 radical (unpaired) electrons. The lowest BCUT2D eigenvalue weighted by atomic mass is 10.1. The summed E-state index contributed by atoms with van der Waals surface area (Å²) < 4.78 is 0. The van der Waals surface area contributed by atoms with Crippen molar-refractivity contribution >= 4 is 23.2 Å². The van der Waals surface area contributed by atoms with Crippen LogP contribution in [0, 0.1) is 0 Å². The molecular formula is C21H24N4O2. The van der Waals surface area contributed by atoms with E-state index >= 15 is 0 Å². The fourth-order valence-corrected chi connectivity index (χ4v) is 4.04. The van der Waals surface area contributed by atoms with Crippen LogP contribution < -0.4 is 4.90 Å². The fourth-order valence-electron chi connectivity index (χ4n) is 4.04. The van der Waals surface area contributed by atoms with Gasteiger partial charge in [-0.25, -0.2) is 0 Å². The van der Waals surface area contributed by atoms with Crippen LogP contribution in [0.15, 0.2) is 42.7 Å². The average molecular weight is 364 g/mol. The van der Waals surface area contributed by atoms with Crippen LogP contribution in [-0.4, -0.2) is 58.8 Å². The molecule has 0 aliphatic carbocycles. The predicted molar refractivity (Wildman–Crippen MR) is 104 cm³/mol. The summed E-state index contributed by atoms with van der Waals surface area (Å²) in [6, 6.07) is 10.6. The van der Waals surface area contributed by atoms with Gasteiger partial charge in [-0.05, 0) is 31.0 Å². The summed E-state index contributed by atoms with van der Waals surface area (Å²) in [6.07, 6.45) is 4.44. The number of rotatable bonds is 2. The average Bonchev–Trinajstić information content (AvgIpc) is 3.03. The minimum Gasteiger partial charge on any atom is -0.339 e. The number of carbonyl (C=O) groups excluding carboxylic acids is 2. The van der Waals surface area contributed by atoms with E-state index in [9.17, 15) is 9.59 Å². The number of hydrogen-bond acceptors (Lipinski definition) is 4. The summed E-state index contributed by atoms with van der Waals surface area (Å²) in [7, 11) is 0. The summed E-state index contributed by atoms with van der Waals surface area (Å²) in [5, 5.41) is 0. The van der Waals surface area contributed by atoms with E-state index in [4.69, 9.17) is 0 Å². The lowest BCUT2D eigenvalue weighted by Crippen LogP contribution is -2.50. The molecule has 0 bridgehead atoms. The van der Waals surface area contributed by atoms with Gasteiger partial charge < -0.3 is 14.7 Å². The van der Waals surface area contributed by atoms with Gasteiger partial charge in [0.15, 0.2) is 0 Å². The number of para-hydroxylation sites is 1. The Morgan fingerprint density at radius 2 is 1.74 bits per heavy atom. The van der Waals surface area contributed by atoms with Crippen molar-refractivity contribution in [2.45, 2.75) is 26.3 Å². The van der Waals surface area contributed by atoms with Crippen molar-refractivity contribution < 1.29 is 9.59 Å². The third-order valence-corrected chi connectivity index (χ3v) is 5.47. The Morgan fingerprint density at radius 3 is 2.48 bits per heavy atom. The number of amides is 2. The number of nitrogens with zero attached hydrogens (tertiary/aromatic N) is 4. The van der Waals surface area contributed by atoms with E-state index in [0.29, 0.717) is 37.8 Å². The van der Waals surface area contributed by atoms with Crippen molar-refractivity contribution in [1.29, 1.82) is 0 Å². The molecule has 6 nitrogen and oxygen atoms in total. The molecule has 1 aromatic heterocycles. The summed E-state index contributed by atoms with van der Waals surface area (Å²) in [6.45, 7) is 6.06. The Kier molecular flexibility index (Phi) is 4.56. The molecule has 3 heterocycles. The first-order valence-corrected chi connectivity index (χ1v) is 9.41. The molecule has 0 saturated carbocycles. The number of carbonyl (C=O) groups is 2. The molecule has 2 aliphatic rings. The standard InChI is InChI=1S/C21H24N4O2/c1-15-11-17-5-3-4-6-20(17)25(15)19-12-18(13-22-14-19)21(27)24-9-7-23(8-10-24)16(2)26/h3-6,12-15H,7-11H2,1-2H3. The van der Waals surface area contributed by atoms with Crippen LogP contribution in [0.4, 0.5) is 11.4 Å². The SMILES string of the molecule is CC(=O)N1CCN(C(=O)c2cncc(N3c4ccccc4CC3C)c2)CC1. The minimum atomic E-state index is -0.0207. The number of pyridine rings is 1. The third-order valence-electron chi connectivity index (χ3n) is 5.47. The summed E-state index contributed by atoms with van der Waals surface area (Å²) in [5.74, 6) is 0.0418. The van der Waals surface area contributed by atoms with Crippen molar-refractivity contribution in [2.24, 2.45) is 0 Å². The van der Waals surface area contributed by atoms with Crippen LogP contribution in [0.1, 0.15) is 29.8 Å². The topological polar surface area (TPSA) is 56.8 Å². The van der Waals surface area contributed by atoms with Crippen molar-refractivity contribution in [3.63, 3.8) is 0 Å². The van der Waals surface area contributed by atoms with Gasteiger partial charge in [-0.2, -0.15) is 0 Å². The highest BCUT2D eigenvalue weighted by Gasteiger charge is 2.28. The second-order valence-corrected chi connectivity index (χ2v) is 7.28. The van der Waals surface area contributed by atoms with Crippen LogP contribution in [0.5, 0.6) is 0 Å². The lowest BCUT2D eigenvalue weighted by Gasteiger charge is -2.34. The van der Waals surface area contributed by atoms with Gasteiger partial charge in [-0.15, -0.1) is 0 Å². The van der Waals surface area contributed by atoms with E-state index in [2.05, 4.69) is 35.0 Å². The number of aromatic nitrogens is 1. The smallest absolute Gasteiger partial charge is 0.255 e. The first kappa shape index (κ1) is 17.5. The highest BCUT2D eigenvalue weighted by atomic mass is 16.2. The maximum absolute atomic E-state index is 12.9. The number of piperazine rings is 1. The number of fused-ring (bicyclic) bond motifs is 1. The summed E-state index contributed by atoms with van der Waals surface area (Å²) in [4.78, 5) is 34.6. The van der Waals surface area contributed by atoms with Gasteiger partial charge in [-0.1, -0.05) is 18.2 Å². The normalized spacial score (nSPS) is 19.2. The molecular weight excluding hydrogens is 340 g/mol. The zero-order valence-corrected chi connectivity index (χ0v) is 15.8. The monoisotopic (exact) mass is 364 g/mol. The van der Waals surface area contributed by atoms with Gasteiger partial charge in [-0.3, -0.25) is 14.6 Å². The molecule has 2 amide bonds. The van der Waals surface area contributed by atoms with E-state index < -0.39 is 0 Å². The predicted octanol–water partition coefficient (Wildman–Crippen LogP) is 2.47. The largest absolute Gasteiger partial charge is 0.339 e. The zero-order valence-electron chi connectivity index (χ0n) is 15.8. The van der Waals surface area contributed by atoms with Gasteiger partial charge in [0.25, 0.3) is 5.91 Å². The molecule has 0 spiro atoms. The van der Waals surface area contributed by atoms with Crippen molar-refractivity contribution in [2.75, 3.05) is 31.1 Å². The van der Waals surface area contributed by atoms with Crippen molar-refractivity contribution in [3.05, 3.63) is 53.9 Å². The molecule has 140 valence electrons. The fraction of sp³-hybridized carbons (Fsp3) is 0.381. The number of hydrogen-bond donors (Lipinski definition) is 0. The number of anilines is 2. The maximum Gasteiger partial charge on any atom is 0.255 e. The van der Waals surface area contributed by atoms with Gasteiger partial charge in [0, 0.05) is 51.0 Å². The van der Waals surface area contributed by atoms with Gasteiger partial charge in [0.1, 0.15) is 0 Å². The van der Waals surface area contributed by atoms with Crippen LogP contribution >= 0.6 is 0 Å². The molecule has 1 atom stereocenters. The van der Waals surface area contributed by atoms with E-state index in [1.807, 2.05) is 23.2 Å². The second-order valence-electron chi connectivity index (χ2n) is 7.28. The van der Waals surface area contributed by atoms with Crippen molar-refractivity contribution in [1.82, 2.24) is 14.8 Å². The van der Waals surface area contributed by atoms with E-state index in [1.165, 1.54) is 11.3 Å². The van der Waals surface area contributed by atoms with E-state index in [0.717, 1.165) is 12.1 Å². The second kappa shape index (κ2) is 7.02. The highest BCUT2D eigenvalue weighted by Crippen LogP contribution is 2.38.